The lowest BCUT2D eigenvalue weighted by Crippen LogP contribution is -2.45. The van der Waals surface area contributed by atoms with Crippen LogP contribution in [0.25, 0.3) is 16.5 Å². The highest BCUT2D eigenvalue weighted by Gasteiger charge is 2.33. The molecule has 3 heterocycles. The average Bonchev–Trinajstić information content (AvgIpc) is 3.30. The number of nitrogens with one attached hydrogen (secondary N) is 1. The molecule has 2 aliphatic rings. The maximum atomic E-state index is 13.5. The number of amides is 2. The second-order valence-corrected chi connectivity index (χ2v) is 9.30. The lowest BCUT2D eigenvalue weighted by molar-refractivity contribution is -0.137. The number of hydrogen-bond acceptors (Lipinski definition) is 2. The SMILES string of the molecule is O=C(c1ccc(C(F)(F)F)cc1)N1CCC(C(=O)N2CC=C(c3c[nH]c4cc(F)ccc34)CC2)CC1. The first-order valence-corrected chi connectivity index (χ1v) is 11.9. The van der Waals surface area contributed by atoms with E-state index in [9.17, 15) is 27.2 Å². The summed E-state index contributed by atoms with van der Waals surface area (Å²) in [5.74, 6) is -0.739. The van der Waals surface area contributed by atoms with E-state index < -0.39 is 11.7 Å². The van der Waals surface area contributed by atoms with Crippen molar-refractivity contribution in [3.8, 4) is 0 Å². The predicted molar refractivity (Wildman–Crippen MR) is 128 cm³/mol. The van der Waals surface area contributed by atoms with Crippen molar-refractivity contribution >= 4 is 28.3 Å². The number of nitrogens with zero attached hydrogens (tertiary/aromatic N) is 2. The summed E-state index contributed by atoms with van der Waals surface area (Å²) in [7, 11) is 0. The average molecular weight is 500 g/mol. The van der Waals surface area contributed by atoms with E-state index in [1.807, 2.05) is 17.2 Å². The molecule has 2 aliphatic heterocycles. The lowest BCUT2D eigenvalue weighted by atomic mass is 9.93. The molecular weight excluding hydrogens is 474 g/mol. The number of alkyl halides is 3. The van der Waals surface area contributed by atoms with Crippen LogP contribution in [0.3, 0.4) is 0 Å². The van der Waals surface area contributed by atoms with Crippen LogP contribution in [0.4, 0.5) is 17.6 Å². The second kappa shape index (κ2) is 9.44. The van der Waals surface area contributed by atoms with E-state index >= 15 is 0 Å². The lowest BCUT2D eigenvalue weighted by Gasteiger charge is -2.35. The van der Waals surface area contributed by atoms with Gasteiger partial charge in [-0.2, -0.15) is 13.2 Å². The molecule has 1 aromatic heterocycles. The molecule has 0 radical (unpaired) electrons. The first-order valence-electron chi connectivity index (χ1n) is 11.9. The molecule has 1 fully saturated rings. The molecule has 0 aliphatic carbocycles. The highest BCUT2D eigenvalue weighted by atomic mass is 19.4. The van der Waals surface area contributed by atoms with Gasteiger partial charge >= 0.3 is 6.18 Å². The number of hydrogen-bond donors (Lipinski definition) is 1. The van der Waals surface area contributed by atoms with Gasteiger partial charge in [-0.1, -0.05) is 6.08 Å². The molecular formula is C27H25F4N3O2. The third-order valence-electron chi connectivity index (χ3n) is 7.10. The fraction of sp³-hybridized carbons (Fsp3) is 0.333. The summed E-state index contributed by atoms with van der Waals surface area (Å²) in [5.41, 5.74) is 2.30. The van der Waals surface area contributed by atoms with Gasteiger partial charge in [0.15, 0.2) is 0 Å². The van der Waals surface area contributed by atoms with Crippen molar-refractivity contribution in [2.45, 2.75) is 25.4 Å². The van der Waals surface area contributed by atoms with Crippen LogP contribution >= 0.6 is 0 Å². The summed E-state index contributed by atoms with van der Waals surface area (Å²) in [6.07, 6.45) is 1.20. The predicted octanol–water partition coefficient (Wildman–Crippen LogP) is 5.49. The highest BCUT2D eigenvalue weighted by molar-refractivity contribution is 5.95. The number of carbonyl (C=O) groups is 2. The largest absolute Gasteiger partial charge is 0.416 e. The van der Waals surface area contributed by atoms with Crippen molar-refractivity contribution in [2.24, 2.45) is 5.92 Å². The Morgan fingerprint density at radius 3 is 2.31 bits per heavy atom. The Balaban J connectivity index is 1.17. The van der Waals surface area contributed by atoms with Gasteiger partial charge in [-0.3, -0.25) is 9.59 Å². The Kier molecular flexibility index (Phi) is 6.32. The van der Waals surface area contributed by atoms with Crippen LogP contribution in [0.1, 0.15) is 40.7 Å². The Hall–Kier alpha value is -3.62. The normalized spacial score (nSPS) is 17.4. The molecule has 1 N–H and O–H groups in total. The van der Waals surface area contributed by atoms with E-state index in [0.717, 1.165) is 34.2 Å². The Morgan fingerprint density at radius 1 is 0.944 bits per heavy atom. The Labute approximate surface area is 205 Å². The van der Waals surface area contributed by atoms with E-state index in [-0.39, 0.29) is 29.1 Å². The number of aromatic nitrogens is 1. The number of rotatable bonds is 3. The third kappa shape index (κ3) is 4.74. The molecule has 9 heteroatoms. The summed E-state index contributed by atoms with van der Waals surface area (Å²) in [6, 6.07) is 8.88. The van der Waals surface area contributed by atoms with Crippen LogP contribution in [0.5, 0.6) is 0 Å². The van der Waals surface area contributed by atoms with Crippen molar-refractivity contribution in [2.75, 3.05) is 26.2 Å². The fourth-order valence-corrected chi connectivity index (χ4v) is 5.05. The van der Waals surface area contributed by atoms with Crippen LogP contribution in [-0.2, 0) is 11.0 Å². The molecule has 5 nitrogen and oxygen atoms in total. The molecule has 36 heavy (non-hydrogen) atoms. The summed E-state index contributed by atoms with van der Waals surface area (Å²) in [6.45, 7) is 1.85. The summed E-state index contributed by atoms with van der Waals surface area (Å²) >= 11 is 0. The van der Waals surface area contributed by atoms with E-state index in [4.69, 9.17) is 0 Å². The zero-order chi connectivity index (χ0) is 25.4. The number of H-pyrrole nitrogens is 1. The summed E-state index contributed by atoms with van der Waals surface area (Å²) in [4.78, 5) is 32.4. The maximum absolute atomic E-state index is 13.5. The smallest absolute Gasteiger partial charge is 0.360 e. The third-order valence-corrected chi connectivity index (χ3v) is 7.10. The molecule has 5 rings (SSSR count). The quantitative estimate of drug-likeness (QED) is 0.485. The summed E-state index contributed by atoms with van der Waals surface area (Å²) in [5, 5.41) is 0.951. The Bertz CT molecular complexity index is 1320. The van der Waals surface area contributed by atoms with Crippen molar-refractivity contribution < 1.29 is 27.2 Å². The van der Waals surface area contributed by atoms with E-state index in [0.29, 0.717) is 45.4 Å². The minimum atomic E-state index is -4.44. The van der Waals surface area contributed by atoms with Crippen LogP contribution in [0, 0.1) is 11.7 Å². The standard InChI is InChI=1S/C27H25F4N3O2/c28-21-5-6-22-23(16-32-24(22)15-21)17-7-11-33(12-8-17)26(36)19-9-13-34(14-10-19)25(35)18-1-3-20(4-2-18)27(29,30)31/h1-7,15-16,19,32H,8-14H2. The van der Waals surface area contributed by atoms with Gasteiger partial charge in [0.05, 0.1) is 5.56 Å². The van der Waals surface area contributed by atoms with Gasteiger partial charge in [-0.25, -0.2) is 4.39 Å². The minimum absolute atomic E-state index is 0.0629. The Morgan fingerprint density at radius 2 is 1.67 bits per heavy atom. The first kappa shape index (κ1) is 24.1. The van der Waals surface area contributed by atoms with Crippen LogP contribution < -0.4 is 0 Å². The molecule has 2 amide bonds. The molecule has 188 valence electrons. The van der Waals surface area contributed by atoms with Crippen molar-refractivity contribution in [1.82, 2.24) is 14.8 Å². The molecule has 1 saturated heterocycles. The van der Waals surface area contributed by atoms with Gasteiger partial charge < -0.3 is 14.8 Å². The number of halogens is 4. The number of likely N-dealkylation sites (tertiary alicyclic amines) is 1. The van der Waals surface area contributed by atoms with E-state index in [2.05, 4.69) is 4.98 Å². The number of piperidine rings is 1. The molecule has 2 aromatic carbocycles. The van der Waals surface area contributed by atoms with Crippen molar-refractivity contribution in [3.63, 3.8) is 0 Å². The molecule has 0 saturated carbocycles. The van der Waals surface area contributed by atoms with Crippen molar-refractivity contribution in [3.05, 3.63) is 77.2 Å². The van der Waals surface area contributed by atoms with Gasteiger partial charge in [0.1, 0.15) is 5.82 Å². The van der Waals surface area contributed by atoms with Gasteiger partial charge in [-0.15, -0.1) is 0 Å². The maximum Gasteiger partial charge on any atom is 0.416 e. The first-order chi connectivity index (χ1) is 17.2. The second-order valence-electron chi connectivity index (χ2n) is 9.30. The number of fused-ring (bicyclic) bond motifs is 1. The zero-order valence-corrected chi connectivity index (χ0v) is 19.4. The van der Waals surface area contributed by atoms with E-state index in [1.165, 1.54) is 24.3 Å². The number of benzene rings is 2. The van der Waals surface area contributed by atoms with Crippen LogP contribution in [0.2, 0.25) is 0 Å². The van der Waals surface area contributed by atoms with E-state index in [1.54, 1.807) is 11.0 Å². The molecule has 0 bridgehead atoms. The minimum Gasteiger partial charge on any atom is -0.360 e. The van der Waals surface area contributed by atoms with Gasteiger partial charge in [0.25, 0.3) is 5.91 Å². The molecule has 0 unspecified atom stereocenters. The molecule has 3 aromatic rings. The van der Waals surface area contributed by atoms with Gasteiger partial charge in [-0.05, 0) is 67.3 Å². The topological polar surface area (TPSA) is 56.4 Å². The molecule has 0 spiro atoms. The van der Waals surface area contributed by atoms with Gasteiger partial charge in [0.2, 0.25) is 5.91 Å². The van der Waals surface area contributed by atoms with Gasteiger partial charge in [0, 0.05) is 60.3 Å². The van der Waals surface area contributed by atoms with Crippen LogP contribution in [0.15, 0.2) is 54.7 Å². The summed E-state index contributed by atoms with van der Waals surface area (Å²) < 4.78 is 51.8. The van der Waals surface area contributed by atoms with Crippen molar-refractivity contribution in [1.29, 1.82) is 0 Å². The number of carbonyl (C=O) groups excluding carboxylic acids is 2. The highest BCUT2D eigenvalue weighted by Crippen LogP contribution is 2.32. The number of aromatic amines is 1. The van der Waals surface area contributed by atoms with Crippen LogP contribution in [-0.4, -0.2) is 52.8 Å². The fourth-order valence-electron chi connectivity index (χ4n) is 5.05. The monoisotopic (exact) mass is 499 g/mol. The molecule has 0 atom stereocenters. The zero-order valence-electron chi connectivity index (χ0n) is 19.4.